The van der Waals surface area contributed by atoms with Crippen LogP contribution in [0, 0.1) is 0 Å². The largest absolute Gasteiger partial charge is 0.481 e. The molecule has 1 atom stereocenters. The lowest BCUT2D eigenvalue weighted by atomic mass is 10.2. The first-order chi connectivity index (χ1) is 9.15. The number of carboxylic acid groups (broad SMARTS) is 1. The predicted molar refractivity (Wildman–Crippen MR) is 78.9 cm³/mol. The molecule has 5 nitrogen and oxygen atoms in total. The second-order valence-electron chi connectivity index (χ2n) is 5.51. The van der Waals surface area contributed by atoms with Gasteiger partial charge in [0.15, 0.2) is 0 Å². The third kappa shape index (κ3) is 4.95. The standard InChI is InChI=1S/C13H25N3O2S/c1-14-2-4-15(5-3-14)6-7-16-8-9-19-11-12(16)10-13(17)18/h12H,2-11H2,1H3,(H,17,18). The summed E-state index contributed by atoms with van der Waals surface area (Å²) >= 11 is 1.89. The van der Waals surface area contributed by atoms with Crippen molar-refractivity contribution in [3.8, 4) is 0 Å². The van der Waals surface area contributed by atoms with Crippen molar-refractivity contribution in [2.45, 2.75) is 12.5 Å². The molecule has 0 radical (unpaired) electrons. The number of hydrogen-bond acceptors (Lipinski definition) is 5. The van der Waals surface area contributed by atoms with E-state index in [2.05, 4.69) is 21.7 Å². The van der Waals surface area contributed by atoms with Gasteiger partial charge >= 0.3 is 5.97 Å². The van der Waals surface area contributed by atoms with Crippen molar-refractivity contribution in [2.75, 3.05) is 64.4 Å². The Morgan fingerprint density at radius 3 is 2.63 bits per heavy atom. The van der Waals surface area contributed by atoms with Gasteiger partial charge in [0.2, 0.25) is 0 Å². The van der Waals surface area contributed by atoms with Crippen molar-refractivity contribution < 1.29 is 9.90 Å². The molecule has 0 aliphatic carbocycles. The molecule has 0 amide bonds. The van der Waals surface area contributed by atoms with Gasteiger partial charge in [-0.1, -0.05) is 0 Å². The predicted octanol–water partition coefficient (Wildman–Crippen LogP) is 0.126. The summed E-state index contributed by atoms with van der Waals surface area (Å²) in [4.78, 5) is 18.1. The Bertz CT molecular complexity index is 296. The highest BCUT2D eigenvalue weighted by Gasteiger charge is 2.25. The van der Waals surface area contributed by atoms with Crippen LogP contribution in [0.2, 0.25) is 0 Å². The normalized spacial score (nSPS) is 27.5. The quantitative estimate of drug-likeness (QED) is 0.775. The van der Waals surface area contributed by atoms with Gasteiger partial charge in [-0.25, -0.2) is 0 Å². The second kappa shape index (κ2) is 7.47. The molecule has 1 N–H and O–H groups in total. The summed E-state index contributed by atoms with van der Waals surface area (Å²) in [6, 6.07) is 0.226. The molecule has 110 valence electrons. The number of carbonyl (C=O) groups is 1. The van der Waals surface area contributed by atoms with Gasteiger partial charge in [-0.3, -0.25) is 14.6 Å². The highest BCUT2D eigenvalue weighted by molar-refractivity contribution is 7.99. The molecule has 0 saturated carbocycles. The molecule has 0 spiro atoms. The Labute approximate surface area is 119 Å². The van der Waals surface area contributed by atoms with E-state index in [0.29, 0.717) is 0 Å². The average Bonchev–Trinajstić information content (AvgIpc) is 2.39. The molecule has 0 aromatic heterocycles. The fraction of sp³-hybridized carbons (Fsp3) is 0.923. The van der Waals surface area contributed by atoms with E-state index in [0.717, 1.165) is 57.3 Å². The van der Waals surface area contributed by atoms with E-state index in [1.807, 2.05) is 11.8 Å². The number of hydrogen-bond donors (Lipinski definition) is 1. The maximum absolute atomic E-state index is 10.9. The van der Waals surface area contributed by atoms with Crippen LogP contribution in [-0.2, 0) is 4.79 Å². The van der Waals surface area contributed by atoms with E-state index in [1.54, 1.807) is 0 Å². The van der Waals surface area contributed by atoms with Crippen LogP contribution in [0.25, 0.3) is 0 Å². The van der Waals surface area contributed by atoms with E-state index in [9.17, 15) is 4.79 Å². The van der Waals surface area contributed by atoms with Crippen LogP contribution >= 0.6 is 11.8 Å². The van der Waals surface area contributed by atoms with Crippen molar-refractivity contribution in [3.05, 3.63) is 0 Å². The van der Waals surface area contributed by atoms with Gasteiger partial charge in [0, 0.05) is 63.4 Å². The Balaban J connectivity index is 1.74. The molecular formula is C13H25N3O2S. The van der Waals surface area contributed by atoms with Gasteiger partial charge in [0.05, 0.1) is 6.42 Å². The lowest BCUT2D eigenvalue weighted by molar-refractivity contribution is -0.138. The van der Waals surface area contributed by atoms with Crippen LogP contribution < -0.4 is 0 Å². The monoisotopic (exact) mass is 287 g/mol. The summed E-state index contributed by atoms with van der Waals surface area (Å²) in [6.45, 7) is 7.71. The number of nitrogens with zero attached hydrogens (tertiary/aromatic N) is 3. The zero-order valence-electron chi connectivity index (χ0n) is 11.8. The minimum Gasteiger partial charge on any atom is -0.481 e. The van der Waals surface area contributed by atoms with Crippen LogP contribution in [0.3, 0.4) is 0 Å². The molecule has 2 aliphatic rings. The van der Waals surface area contributed by atoms with Crippen molar-refractivity contribution in [3.63, 3.8) is 0 Å². The molecule has 0 bridgehead atoms. The second-order valence-corrected chi connectivity index (χ2v) is 6.66. The van der Waals surface area contributed by atoms with E-state index < -0.39 is 5.97 Å². The van der Waals surface area contributed by atoms with Crippen molar-refractivity contribution in [1.29, 1.82) is 0 Å². The first-order valence-electron chi connectivity index (χ1n) is 7.09. The van der Waals surface area contributed by atoms with Crippen LogP contribution in [0.4, 0.5) is 0 Å². The molecule has 6 heteroatoms. The topological polar surface area (TPSA) is 47.0 Å². The zero-order chi connectivity index (χ0) is 13.7. The Kier molecular flexibility index (Phi) is 5.94. The smallest absolute Gasteiger partial charge is 0.304 e. The van der Waals surface area contributed by atoms with E-state index in [4.69, 9.17) is 5.11 Å². The first-order valence-corrected chi connectivity index (χ1v) is 8.25. The van der Waals surface area contributed by atoms with Crippen molar-refractivity contribution in [1.82, 2.24) is 14.7 Å². The molecule has 0 aromatic carbocycles. The lowest BCUT2D eigenvalue weighted by Crippen LogP contribution is -2.50. The summed E-state index contributed by atoms with van der Waals surface area (Å²) in [5.41, 5.74) is 0. The number of rotatable bonds is 5. The molecule has 1 unspecified atom stereocenters. The minimum absolute atomic E-state index is 0.226. The van der Waals surface area contributed by atoms with Crippen LogP contribution in [0.1, 0.15) is 6.42 Å². The van der Waals surface area contributed by atoms with Gasteiger partial charge < -0.3 is 10.0 Å². The molecule has 2 heterocycles. The molecule has 2 rings (SSSR count). The highest BCUT2D eigenvalue weighted by Crippen LogP contribution is 2.18. The summed E-state index contributed by atoms with van der Waals surface area (Å²) in [6.07, 6.45) is 0.287. The van der Waals surface area contributed by atoms with Crippen molar-refractivity contribution in [2.24, 2.45) is 0 Å². The summed E-state index contributed by atoms with van der Waals surface area (Å²) < 4.78 is 0. The van der Waals surface area contributed by atoms with Gasteiger partial charge in [-0.2, -0.15) is 11.8 Å². The van der Waals surface area contributed by atoms with Crippen LogP contribution in [0.15, 0.2) is 0 Å². The fourth-order valence-corrected chi connectivity index (χ4v) is 3.85. The van der Waals surface area contributed by atoms with Crippen molar-refractivity contribution >= 4 is 17.7 Å². The van der Waals surface area contributed by atoms with Crippen LogP contribution in [-0.4, -0.2) is 96.2 Å². The SMILES string of the molecule is CN1CCN(CCN2CCSCC2CC(=O)O)CC1. The number of piperazine rings is 1. The van der Waals surface area contributed by atoms with E-state index in [-0.39, 0.29) is 12.5 Å². The Morgan fingerprint density at radius 1 is 1.21 bits per heavy atom. The van der Waals surface area contributed by atoms with Gasteiger partial charge in [-0.05, 0) is 7.05 Å². The number of aliphatic carboxylic acids is 1. The average molecular weight is 287 g/mol. The van der Waals surface area contributed by atoms with Gasteiger partial charge in [0.25, 0.3) is 0 Å². The maximum atomic E-state index is 10.9. The highest BCUT2D eigenvalue weighted by atomic mass is 32.2. The molecular weight excluding hydrogens is 262 g/mol. The zero-order valence-corrected chi connectivity index (χ0v) is 12.6. The lowest BCUT2D eigenvalue weighted by Gasteiger charge is -2.38. The Morgan fingerprint density at radius 2 is 1.95 bits per heavy atom. The molecule has 2 aliphatic heterocycles. The number of thioether (sulfide) groups is 1. The summed E-state index contributed by atoms with van der Waals surface area (Å²) in [5, 5.41) is 8.98. The first kappa shape index (κ1) is 15.1. The minimum atomic E-state index is -0.669. The molecule has 0 aromatic rings. The number of carboxylic acids is 1. The third-order valence-electron chi connectivity index (χ3n) is 4.06. The van der Waals surface area contributed by atoms with Crippen LogP contribution in [0.5, 0.6) is 0 Å². The summed E-state index contributed by atoms with van der Waals surface area (Å²) in [7, 11) is 2.17. The molecule has 2 fully saturated rings. The van der Waals surface area contributed by atoms with Gasteiger partial charge in [-0.15, -0.1) is 0 Å². The van der Waals surface area contributed by atoms with E-state index in [1.165, 1.54) is 0 Å². The fourth-order valence-electron chi connectivity index (χ4n) is 2.71. The molecule has 2 saturated heterocycles. The number of likely N-dealkylation sites (N-methyl/N-ethyl adjacent to an activating group) is 1. The van der Waals surface area contributed by atoms with Gasteiger partial charge in [0.1, 0.15) is 0 Å². The molecule has 19 heavy (non-hydrogen) atoms. The maximum Gasteiger partial charge on any atom is 0.304 e. The van der Waals surface area contributed by atoms with E-state index >= 15 is 0 Å². The third-order valence-corrected chi connectivity index (χ3v) is 5.15. The Hall–Kier alpha value is -0.300. The summed E-state index contributed by atoms with van der Waals surface area (Å²) in [5.74, 6) is 1.44.